The largest absolute Gasteiger partial charge is 0.352 e. The number of rotatable bonds is 4. The molecular formula is C30H29N5. The number of aryl methyl sites for hydroxylation is 1. The van der Waals surface area contributed by atoms with E-state index in [-0.39, 0.29) is 0 Å². The molecule has 5 nitrogen and oxygen atoms in total. The van der Waals surface area contributed by atoms with Crippen LogP contribution in [-0.2, 0) is 0 Å². The van der Waals surface area contributed by atoms with Crippen molar-refractivity contribution in [1.82, 2.24) is 14.5 Å². The zero-order chi connectivity index (χ0) is 23.6. The third-order valence-corrected chi connectivity index (χ3v) is 6.88. The predicted molar refractivity (Wildman–Crippen MR) is 142 cm³/mol. The van der Waals surface area contributed by atoms with E-state index in [4.69, 9.17) is 9.98 Å². The molecule has 3 aromatic rings. The third kappa shape index (κ3) is 4.30. The van der Waals surface area contributed by atoms with Crippen LogP contribution >= 0.6 is 0 Å². The molecule has 6 rings (SSSR count). The first kappa shape index (κ1) is 21.5. The Morgan fingerprint density at radius 3 is 2.49 bits per heavy atom. The smallest absolute Gasteiger partial charge is 0.0900 e. The molecule has 0 spiro atoms. The van der Waals surface area contributed by atoms with Crippen molar-refractivity contribution >= 4 is 22.4 Å². The second-order valence-electron chi connectivity index (χ2n) is 9.31. The van der Waals surface area contributed by atoms with Gasteiger partial charge < -0.3 is 9.88 Å². The summed E-state index contributed by atoms with van der Waals surface area (Å²) in [6.45, 7) is 2.02. The molecule has 0 amide bonds. The maximum Gasteiger partial charge on any atom is 0.0900 e. The number of aromatic nitrogens is 3. The average Bonchev–Trinajstić information content (AvgIpc) is 2.90. The van der Waals surface area contributed by atoms with E-state index in [1.807, 2.05) is 25.3 Å². The molecule has 1 aliphatic heterocycles. The van der Waals surface area contributed by atoms with E-state index in [9.17, 15) is 0 Å². The molecule has 1 fully saturated rings. The van der Waals surface area contributed by atoms with Gasteiger partial charge in [0.05, 0.1) is 50.9 Å². The summed E-state index contributed by atoms with van der Waals surface area (Å²) >= 11 is 0. The van der Waals surface area contributed by atoms with E-state index in [0.717, 1.165) is 63.4 Å². The van der Waals surface area contributed by atoms with Gasteiger partial charge in [0, 0.05) is 11.9 Å². The first-order valence-electron chi connectivity index (χ1n) is 12.5. The molecule has 1 N–H and O–H groups in total. The summed E-state index contributed by atoms with van der Waals surface area (Å²) in [5.41, 5.74) is 8.07. The monoisotopic (exact) mass is 459 g/mol. The number of benzene rings is 3. The van der Waals surface area contributed by atoms with Crippen LogP contribution in [0.1, 0.15) is 37.8 Å². The molecule has 0 bridgehead atoms. The van der Waals surface area contributed by atoms with Gasteiger partial charge in [0.2, 0.25) is 0 Å². The van der Waals surface area contributed by atoms with Gasteiger partial charge in [0.25, 0.3) is 0 Å². The second kappa shape index (κ2) is 9.34. The second-order valence-corrected chi connectivity index (χ2v) is 9.31. The van der Waals surface area contributed by atoms with Crippen LogP contribution in [-0.4, -0.2) is 20.6 Å². The molecule has 2 aliphatic carbocycles. The number of pyridine rings is 1. The Morgan fingerprint density at radius 2 is 1.66 bits per heavy atom. The highest BCUT2D eigenvalue weighted by molar-refractivity contribution is 5.84. The van der Waals surface area contributed by atoms with Gasteiger partial charge in [0.1, 0.15) is 0 Å². The minimum absolute atomic E-state index is 0.357. The number of anilines is 2. The molecule has 2 aromatic carbocycles. The van der Waals surface area contributed by atoms with Gasteiger partial charge in [-0.15, -0.1) is 0 Å². The Kier molecular flexibility index (Phi) is 5.75. The van der Waals surface area contributed by atoms with E-state index in [0.29, 0.717) is 6.04 Å². The number of nitrogens with zero attached hydrogens (tertiary/aromatic N) is 4. The fraction of sp³-hybridized carbons (Fsp3) is 0.233. The lowest BCUT2D eigenvalue weighted by atomic mass is 9.96. The normalized spacial score (nSPS) is 15.1. The topological polar surface area (TPSA) is 55.1 Å². The molecule has 2 heterocycles. The standard InChI is InChI=1S/C30H29N5/c1-21-24(16-10-18-31-21)33-26-19-28-30(20-27(26)32-22-11-4-2-5-12-22)35(23-13-6-3-7-14-23)29-17-9-8-15-25(29)34-28/h3,6-10,13-20,22,33H,2,4-5,11-12H2,1H3. The van der Waals surface area contributed by atoms with Crippen molar-refractivity contribution in [2.24, 2.45) is 4.99 Å². The van der Waals surface area contributed by atoms with Crippen LogP contribution in [0.3, 0.4) is 0 Å². The van der Waals surface area contributed by atoms with Crippen LogP contribution < -0.4 is 10.7 Å². The van der Waals surface area contributed by atoms with Gasteiger partial charge in [0.15, 0.2) is 0 Å². The van der Waals surface area contributed by atoms with Crippen LogP contribution in [0.4, 0.5) is 11.4 Å². The number of para-hydroxylation sites is 3. The lowest BCUT2D eigenvalue weighted by Crippen LogP contribution is -2.19. The molecule has 5 heteroatoms. The summed E-state index contributed by atoms with van der Waals surface area (Å²) in [5, 5.41) is 4.61. The van der Waals surface area contributed by atoms with Crippen molar-refractivity contribution in [3.8, 4) is 17.1 Å². The number of hydrogen-bond acceptors (Lipinski definition) is 4. The van der Waals surface area contributed by atoms with Crippen molar-refractivity contribution in [2.75, 3.05) is 5.32 Å². The van der Waals surface area contributed by atoms with Crippen LogP contribution in [0.15, 0.2) is 90.1 Å². The van der Waals surface area contributed by atoms with Crippen LogP contribution in [0, 0.1) is 6.92 Å². The van der Waals surface area contributed by atoms with Crippen molar-refractivity contribution in [3.63, 3.8) is 0 Å². The summed E-state index contributed by atoms with van der Waals surface area (Å²) in [4.78, 5) is 14.8. The van der Waals surface area contributed by atoms with Crippen molar-refractivity contribution in [2.45, 2.75) is 45.1 Å². The average molecular weight is 460 g/mol. The number of hydrogen-bond donors (Lipinski definition) is 1. The van der Waals surface area contributed by atoms with Gasteiger partial charge in [-0.05, 0) is 68.3 Å². The lowest BCUT2D eigenvalue weighted by Gasteiger charge is -2.22. The summed E-state index contributed by atoms with van der Waals surface area (Å²) in [6.07, 6.45) is 7.94. The highest BCUT2D eigenvalue weighted by Crippen LogP contribution is 2.31. The summed E-state index contributed by atoms with van der Waals surface area (Å²) in [5.74, 6) is 0. The fourth-order valence-corrected chi connectivity index (χ4v) is 5.07. The van der Waals surface area contributed by atoms with Gasteiger partial charge in [-0.2, -0.15) is 0 Å². The molecule has 0 atom stereocenters. The van der Waals surface area contributed by atoms with E-state index in [1.165, 1.54) is 19.3 Å². The van der Waals surface area contributed by atoms with E-state index >= 15 is 0 Å². The minimum Gasteiger partial charge on any atom is -0.352 e. The maximum absolute atomic E-state index is 5.28. The maximum atomic E-state index is 5.28. The van der Waals surface area contributed by atoms with E-state index in [2.05, 4.69) is 81.6 Å². The zero-order valence-corrected chi connectivity index (χ0v) is 20.0. The molecule has 3 aliphatic rings. The lowest BCUT2D eigenvalue weighted by molar-refractivity contribution is 0.437. The highest BCUT2D eigenvalue weighted by Gasteiger charge is 2.18. The van der Waals surface area contributed by atoms with Crippen LogP contribution in [0.5, 0.6) is 0 Å². The fourth-order valence-electron chi connectivity index (χ4n) is 5.07. The van der Waals surface area contributed by atoms with Gasteiger partial charge in [-0.3, -0.25) is 9.98 Å². The number of fused-ring (bicyclic) bond motifs is 2. The molecular weight excluding hydrogens is 430 g/mol. The molecule has 0 unspecified atom stereocenters. The Morgan fingerprint density at radius 1 is 0.857 bits per heavy atom. The molecule has 1 aromatic heterocycles. The quantitative estimate of drug-likeness (QED) is 0.300. The molecule has 0 saturated heterocycles. The van der Waals surface area contributed by atoms with Crippen LogP contribution in [0.2, 0.25) is 0 Å². The van der Waals surface area contributed by atoms with Crippen molar-refractivity contribution in [1.29, 1.82) is 0 Å². The Labute approximate surface area is 205 Å². The Bertz CT molecular complexity index is 1510. The zero-order valence-electron chi connectivity index (χ0n) is 20.0. The molecule has 0 radical (unpaired) electrons. The summed E-state index contributed by atoms with van der Waals surface area (Å²) in [6, 6.07) is 27.6. The van der Waals surface area contributed by atoms with E-state index < -0.39 is 0 Å². The minimum atomic E-state index is 0.357. The highest BCUT2D eigenvalue weighted by atomic mass is 15.0. The third-order valence-electron chi connectivity index (χ3n) is 6.88. The molecule has 1 saturated carbocycles. The predicted octanol–water partition coefficient (Wildman–Crippen LogP) is 6.81. The summed E-state index contributed by atoms with van der Waals surface area (Å²) < 4.78 is 2.30. The molecule has 174 valence electrons. The van der Waals surface area contributed by atoms with Crippen molar-refractivity contribution < 1.29 is 0 Å². The van der Waals surface area contributed by atoms with Gasteiger partial charge in [-0.1, -0.05) is 49.6 Å². The van der Waals surface area contributed by atoms with Gasteiger partial charge >= 0.3 is 0 Å². The summed E-state index contributed by atoms with van der Waals surface area (Å²) in [7, 11) is 0. The first-order valence-corrected chi connectivity index (χ1v) is 12.5. The van der Waals surface area contributed by atoms with Gasteiger partial charge in [-0.25, -0.2) is 4.98 Å². The first-order chi connectivity index (χ1) is 17.3. The SMILES string of the molecule is Cc1ncccc1Nc1cc2nc3ccccc3n(-c3ccccc3)c-2cc1=NC1CCCCC1. The number of nitrogens with one attached hydrogen (secondary N) is 1. The van der Waals surface area contributed by atoms with E-state index in [1.54, 1.807) is 0 Å². The Balaban J connectivity index is 1.63. The van der Waals surface area contributed by atoms with Crippen LogP contribution in [0.25, 0.3) is 28.1 Å². The Hall–Kier alpha value is -3.99. The molecule has 35 heavy (non-hydrogen) atoms. The van der Waals surface area contributed by atoms with Crippen molar-refractivity contribution in [3.05, 3.63) is 96.1 Å².